The standard InChI is InChI=1S/C33H29NO6/c1-2-40-27-14-12-22(13-15-27)21-8-10-23(11-9-21)30(35)20-26(33(38)39)16-17-34-31(36)28-18-24-6-4-3-5-7-25(24)19-29(28)32(34)37/h4-15,18-19,26H,2-3,16-17,20H2,1H3,(H,38,39). The SMILES string of the molecule is CCOc1ccc(-c2ccc(C(=O)CC(CCN3C(=O)c4cc5c(cc4C3=O)C=CCC=C5)C(=O)O)cc2)cc1. The van der Waals surface area contributed by atoms with Crippen LogP contribution in [0.2, 0.25) is 0 Å². The van der Waals surface area contributed by atoms with Gasteiger partial charge in [0, 0.05) is 18.5 Å². The third-order valence-electron chi connectivity index (χ3n) is 7.23. The van der Waals surface area contributed by atoms with E-state index in [-0.39, 0.29) is 25.2 Å². The highest BCUT2D eigenvalue weighted by atomic mass is 16.5. The molecule has 3 aromatic rings. The third kappa shape index (κ3) is 5.50. The van der Waals surface area contributed by atoms with Crippen molar-refractivity contribution in [3.05, 3.63) is 101 Å². The number of aliphatic carboxylic acids is 1. The Bertz CT molecular complexity index is 1480. The zero-order valence-electron chi connectivity index (χ0n) is 22.1. The summed E-state index contributed by atoms with van der Waals surface area (Å²) in [6, 6.07) is 18.1. The van der Waals surface area contributed by atoms with E-state index in [1.54, 1.807) is 24.3 Å². The number of nitrogens with zero attached hydrogens (tertiary/aromatic N) is 1. The molecule has 202 valence electrons. The minimum atomic E-state index is -1.14. The zero-order chi connectivity index (χ0) is 28.2. The van der Waals surface area contributed by atoms with E-state index in [0.717, 1.165) is 39.3 Å². The number of hydrogen-bond donors (Lipinski definition) is 1. The fraction of sp³-hybridized carbons (Fsp3) is 0.212. The van der Waals surface area contributed by atoms with Crippen molar-refractivity contribution in [3.63, 3.8) is 0 Å². The number of ether oxygens (including phenoxy) is 1. The quantitative estimate of drug-likeness (QED) is 0.247. The van der Waals surface area contributed by atoms with Gasteiger partial charge in [0.25, 0.3) is 11.8 Å². The van der Waals surface area contributed by atoms with Gasteiger partial charge in [0.2, 0.25) is 0 Å². The van der Waals surface area contributed by atoms with Crippen LogP contribution in [-0.2, 0) is 4.79 Å². The van der Waals surface area contributed by atoms with Crippen LogP contribution in [0.3, 0.4) is 0 Å². The molecule has 1 aliphatic heterocycles. The molecule has 0 bridgehead atoms. The van der Waals surface area contributed by atoms with E-state index in [1.807, 2.05) is 67.6 Å². The number of fused-ring (bicyclic) bond motifs is 2. The maximum Gasteiger partial charge on any atom is 0.307 e. The van der Waals surface area contributed by atoms with Gasteiger partial charge in [-0.3, -0.25) is 24.1 Å². The van der Waals surface area contributed by atoms with Crippen LogP contribution in [0.5, 0.6) is 5.75 Å². The van der Waals surface area contributed by atoms with Crippen molar-refractivity contribution in [1.29, 1.82) is 0 Å². The smallest absolute Gasteiger partial charge is 0.307 e. The number of hydrogen-bond acceptors (Lipinski definition) is 5. The molecular formula is C33H29NO6. The predicted octanol–water partition coefficient (Wildman–Crippen LogP) is 6.14. The van der Waals surface area contributed by atoms with E-state index in [0.29, 0.717) is 23.3 Å². The molecule has 0 spiro atoms. The third-order valence-corrected chi connectivity index (χ3v) is 7.23. The van der Waals surface area contributed by atoms with E-state index < -0.39 is 23.7 Å². The van der Waals surface area contributed by atoms with Gasteiger partial charge in [-0.1, -0.05) is 60.7 Å². The maximum absolute atomic E-state index is 13.0. The number of ketones is 1. The lowest BCUT2D eigenvalue weighted by atomic mass is 9.94. The Kier molecular flexibility index (Phi) is 7.73. The van der Waals surface area contributed by atoms with E-state index in [9.17, 15) is 24.3 Å². The first kappa shape index (κ1) is 26.8. The highest BCUT2D eigenvalue weighted by Crippen LogP contribution is 2.30. The Labute approximate surface area is 232 Å². The molecule has 1 atom stereocenters. The molecule has 1 aliphatic carbocycles. The van der Waals surface area contributed by atoms with Gasteiger partial charge in [-0.25, -0.2) is 0 Å². The molecule has 7 heteroatoms. The second kappa shape index (κ2) is 11.5. The van der Waals surface area contributed by atoms with Gasteiger partial charge in [0.15, 0.2) is 5.78 Å². The summed E-state index contributed by atoms with van der Waals surface area (Å²) in [5, 5.41) is 9.81. The fourth-order valence-electron chi connectivity index (χ4n) is 5.03. The number of imide groups is 1. The van der Waals surface area contributed by atoms with Gasteiger partial charge >= 0.3 is 5.97 Å². The summed E-state index contributed by atoms with van der Waals surface area (Å²) in [5.74, 6) is -2.59. The summed E-state index contributed by atoms with van der Waals surface area (Å²) in [6.45, 7) is 2.43. The molecule has 0 saturated heterocycles. The Balaban J connectivity index is 1.23. The molecule has 2 amide bonds. The van der Waals surface area contributed by atoms with Crippen LogP contribution < -0.4 is 4.74 Å². The number of carbonyl (C=O) groups excluding carboxylic acids is 3. The molecule has 0 aromatic heterocycles. The first-order valence-corrected chi connectivity index (χ1v) is 13.3. The summed E-state index contributed by atoms with van der Waals surface area (Å²) < 4.78 is 5.47. The van der Waals surface area contributed by atoms with E-state index in [2.05, 4.69) is 0 Å². The Morgan fingerprint density at radius 2 is 1.43 bits per heavy atom. The second-order valence-corrected chi connectivity index (χ2v) is 9.81. The van der Waals surface area contributed by atoms with Gasteiger partial charge in [-0.05, 0) is 66.3 Å². The molecule has 2 aliphatic rings. The lowest BCUT2D eigenvalue weighted by Crippen LogP contribution is -2.33. The molecule has 1 unspecified atom stereocenters. The summed E-state index contributed by atoms with van der Waals surface area (Å²) in [6.07, 6.45) is 8.34. The van der Waals surface area contributed by atoms with Gasteiger partial charge in [0.05, 0.1) is 23.7 Å². The van der Waals surface area contributed by atoms with Crippen LogP contribution in [-0.4, -0.2) is 46.7 Å². The zero-order valence-corrected chi connectivity index (χ0v) is 22.1. The van der Waals surface area contributed by atoms with E-state index in [4.69, 9.17) is 4.74 Å². The summed E-state index contributed by atoms with van der Waals surface area (Å²) in [4.78, 5) is 52.1. The van der Waals surface area contributed by atoms with Crippen LogP contribution in [0.4, 0.5) is 0 Å². The van der Waals surface area contributed by atoms with Crippen molar-refractivity contribution >= 4 is 35.7 Å². The Hall–Kier alpha value is -4.78. The largest absolute Gasteiger partial charge is 0.494 e. The predicted molar refractivity (Wildman–Crippen MR) is 152 cm³/mol. The molecular weight excluding hydrogens is 506 g/mol. The number of carbonyl (C=O) groups is 4. The lowest BCUT2D eigenvalue weighted by molar-refractivity contribution is -0.142. The Morgan fingerprint density at radius 1 is 0.875 bits per heavy atom. The van der Waals surface area contributed by atoms with Gasteiger partial charge in [0.1, 0.15) is 5.75 Å². The van der Waals surface area contributed by atoms with Crippen molar-refractivity contribution in [2.75, 3.05) is 13.2 Å². The van der Waals surface area contributed by atoms with Gasteiger partial charge in [-0.15, -0.1) is 0 Å². The molecule has 0 fully saturated rings. The van der Waals surface area contributed by atoms with Crippen LogP contribution in [0.15, 0.2) is 72.8 Å². The van der Waals surface area contributed by atoms with Crippen molar-refractivity contribution in [3.8, 4) is 16.9 Å². The number of benzene rings is 3. The minimum Gasteiger partial charge on any atom is -0.494 e. The van der Waals surface area contributed by atoms with Crippen molar-refractivity contribution in [1.82, 2.24) is 4.90 Å². The minimum absolute atomic E-state index is 0.0175. The van der Waals surface area contributed by atoms with Crippen LogP contribution >= 0.6 is 0 Å². The molecule has 1 N–H and O–H groups in total. The van der Waals surface area contributed by atoms with Crippen LogP contribution in [0, 0.1) is 5.92 Å². The number of carboxylic acid groups (broad SMARTS) is 1. The van der Waals surface area contributed by atoms with Gasteiger partial charge < -0.3 is 9.84 Å². The number of rotatable bonds is 10. The number of amides is 2. The molecule has 0 radical (unpaired) electrons. The lowest BCUT2D eigenvalue weighted by Gasteiger charge is -2.17. The topological polar surface area (TPSA) is 101 Å². The summed E-state index contributed by atoms with van der Waals surface area (Å²) in [5.41, 5.74) is 4.65. The van der Waals surface area contributed by atoms with Gasteiger partial charge in [-0.2, -0.15) is 0 Å². The van der Waals surface area contributed by atoms with E-state index >= 15 is 0 Å². The summed E-state index contributed by atoms with van der Waals surface area (Å²) in [7, 11) is 0. The maximum atomic E-state index is 13.0. The molecule has 7 nitrogen and oxygen atoms in total. The monoisotopic (exact) mass is 535 g/mol. The number of Topliss-reactive ketones (excluding diaryl/α,β-unsaturated/α-hetero) is 1. The highest BCUT2D eigenvalue weighted by Gasteiger charge is 2.37. The average Bonchev–Trinajstić information content (AvgIpc) is 3.09. The number of allylic oxidation sites excluding steroid dienone is 2. The van der Waals surface area contributed by atoms with Crippen molar-refractivity contribution in [2.45, 2.75) is 26.2 Å². The Morgan fingerprint density at radius 3 is 1.95 bits per heavy atom. The summed E-state index contributed by atoms with van der Waals surface area (Å²) >= 11 is 0. The second-order valence-electron chi connectivity index (χ2n) is 9.81. The van der Waals surface area contributed by atoms with Crippen molar-refractivity contribution in [2.24, 2.45) is 5.92 Å². The first-order chi connectivity index (χ1) is 19.4. The normalized spacial score (nSPS) is 14.5. The van der Waals surface area contributed by atoms with E-state index in [1.165, 1.54) is 0 Å². The molecule has 0 saturated carbocycles. The molecule has 1 heterocycles. The average molecular weight is 536 g/mol. The van der Waals surface area contributed by atoms with Crippen molar-refractivity contribution < 1.29 is 29.0 Å². The first-order valence-electron chi connectivity index (χ1n) is 13.3. The van der Waals surface area contributed by atoms with Crippen LogP contribution in [0.25, 0.3) is 23.3 Å². The molecule has 40 heavy (non-hydrogen) atoms. The van der Waals surface area contributed by atoms with Crippen LogP contribution in [0.1, 0.15) is 68.4 Å². The number of carboxylic acids is 1. The fourth-order valence-corrected chi connectivity index (χ4v) is 5.03. The highest BCUT2D eigenvalue weighted by molar-refractivity contribution is 6.22. The molecule has 3 aromatic carbocycles. The molecule has 5 rings (SSSR count).